The summed E-state index contributed by atoms with van der Waals surface area (Å²) in [7, 11) is 0. The number of rotatable bonds is 4. The number of oxazole rings is 1. The predicted octanol–water partition coefficient (Wildman–Crippen LogP) is 3.46. The van der Waals surface area contributed by atoms with Gasteiger partial charge in [-0.05, 0) is 35.2 Å². The quantitative estimate of drug-likeness (QED) is 0.801. The summed E-state index contributed by atoms with van der Waals surface area (Å²) < 4.78 is 6.67. The maximum absolute atomic E-state index is 12.0. The summed E-state index contributed by atoms with van der Waals surface area (Å²) in [5.41, 5.74) is 3.20. The van der Waals surface area contributed by atoms with Gasteiger partial charge in [0.2, 0.25) is 0 Å². The Morgan fingerprint density at radius 3 is 2.48 bits per heavy atom. The third-order valence-electron chi connectivity index (χ3n) is 3.90. The van der Waals surface area contributed by atoms with Crippen molar-refractivity contribution in [3.05, 3.63) is 69.7 Å². The fraction of sp³-hybridized carbons (Fsp3) is 0.222. The number of fused-ring (bicyclic) bond motifs is 1. The van der Waals surface area contributed by atoms with Crippen molar-refractivity contribution in [1.29, 1.82) is 0 Å². The van der Waals surface area contributed by atoms with Crippen molar-refractivity contribution < 1.29 is 14.3 Å². The van der Waals surface area contributed by atoms with Crippen LogP contribution >= 0.6 is 0 Å². The van der Waals surface area contributed by atoms with Crippen molar-refractivity contribution in [1.82, 2.24) is 4.57 Å². The second-order valence-electron chi connectivity index (χ2n) is 5.84. The van der Waals surface area contributed by atoms with E-state index in [1.54, 1.807) is 6.07 Å². The third-order valence-corrected chi connectivity index (χ3v) is 3.90. The molecule has 0 fully saturated rings. The van der Waals surface area contributed by atoms with Crippen molar-refractivity contribution in [2.45, 2.75) is 26.3 Å². The normalized spacial score (nSPS) is 11.3. The Balaban J connectivity index is 1.98. The van der Waals surface area contributed by atoms with Crippen molar-refractivity contribution in [2.24, 2.45) is 0 Å². The summed E-state index contributed by atoms with van der Waals surface area (Å²) in [4.78, 5) is 23.0. The number of aromatic nitrogens is 1. The summed E-state index contributed by atoms with van der Waals surface area (Å²) in [5.74, 6) is -1.09. The van der Waals surface area contributed by atoms with Gasteiger partial charge < -0.3 is 9.52 Å². The molecule has 0 unspecified atom stereocenters. The lowest BCUT2D eigenvalue weighted by molar-refractivity contribution is 0.0697. The Morgan fingerprint density at radius 2 is 1.87 bits per heavy atom. The van der Waals surface area contributed by atoms with Gasteiger partial charge in [-0.25, -0.2) is 9.59 Å². The van der Waals surface area contributed by atoms with Crippen molar-refractivity contribution in [2.75, 3.05) is 0 Å². The number of hydrogen-bond acceptors (Lipinski definition) is 3. The first kappa shape index (κ1) is 15.1. The molecule has 118 valence electrons. The van der Waals surface area contributed by atoms with Crippen molar-refractivity contribution in [3.8, 4) is 0 Å². The molecule has 0 amide bonds. The van der Waals surface area contributed by atoms with E-state index in [4.69, 9.17) is 9.52 Å². The van der Waals surface area contributed by atoms with E-state index < -0.39 is 11.7 Å². The zero-order valence-electron chi connectivity index (χ0n) is 12.9. The van der Waals surface area contributed by atoms with E-state index in [-0.39, 0.29) is 11.1 Å². The Bertz CT molecular complexity index is 916. The fourth-order valence-electron chi connectivity index (χ4n) is 2.54. The number of carboxylic acids is 1. The van der Waals surface area contributed by atoms with Gasteiger partial charge in [0.15, 0.2) is 5.58 Å². The minimum absolute atomic E-state index is 0.0969. The molecule has 0 saturated heterocycles. The summed E-state index contributed by atoms with van der Waals surface area (Å²) in [5, 5.41) is 9.00. The molecule has 0 spiro atoms. The highest BCUT2D eigenvalue weighted by Gasteiger charge is 2.12. The van der Waals surface area contributed by atoms with Crippen LogP contribution in [0.4, 0.5) is 0 Å². The molecule has 1 heterocycles. The predicted molar refractivity (Wildman–Crippen MR) is 87.1 cm³/mol. The molecular weight excluding hydrogens is 294 g/mol. The van der Waals surface area contributed by atoms with E-state index >= 15 is 0 Å². The molecule has 0 aliphatic heterocycles. The number of carbonyl (C=O) groups is 1. The molecule has 0 saturated carbocycles. The second kappa shape index (κ2) is 5.76. The second-order valence-corrected chi connectivity index (χ2v) is 5.84. The zero-order valence-corrected chi connectivity index (χ0v) is 12.9. The van der Waals surface area contributed by atoms with Gasteiger partial charge >= 0.3 is 11.7 Å². The minimum Gasteiger partial charge on any atom is -0.478 e. The summed E-state index contributed by atoms with van der Waals surface area (Å²) >= 11 is 0. The van der Waals surface area contributed by atoms with Crippen LogP contribution in [0.2, 0.25) is 0 Å². The van der Waals surface area contributed by atoms with E-state index in [0.29, 0.717) is 18.0 Å². The average Bonchev–Trinajstić information content (AvgIpc) is 2.83. The molecule has 3 aromatic rings. The molecule has 2 aromatic carbocycles. The van der Waals surface area contributed by atoms with Gasteiger partial charge in [-0.1, -0.05) is 38.1 Å². The summed E-state index contributed by atoms with van der Waals surface area (Å²) in [6.45, 7) is 4.64. The molecule has 5 nitrogen and oxygen atoms in total. The molecule has 0 atom stereocenters. The van der Waals surface area contributed by atoms with E-state index in [9.17, 15) is 9.59 Å². The molecule has 23 heavy (non-hydrogen) atoms. The monoisotopic (exact) mass is 311 g/mol. The number of benzene rings is 2. The molecule has 1 N–H and O–H groups in total. The van der Waals surface area contributed by atoms with Crippen LogP contribution in [0.15, 0.2) is 51.7 Å². The fourth-order valence-corrected chi connectivity index (χ4v) is 2.54. The largest absolute Gasteiger partial charge is 0.478 e. The van der Waals surface area contributed by atoms with Gasteiger partial charge in [0.1, 0.15) is 0 Å². The lowest BCUT2D eigenvalue weighted by Gasteiger charge is -2.07. The summed E-state index contributed by atoms with van der Waals surface area (Å²) in [6.07, 6.45) is 0. The molecule has 5 heteroatoms. The molecule has 0 aliphatic carbocycles. The maximum atomic E-state index is 12.0. The van der Waals surface area contributed by atoms with Gasteiger partial charge in [-0.15, -0.1) is 0 Å². The number of hydrogen-bond donors (Lipinski definition) is 1. The average molecular weight is 311 g/mol. The topological polar surface area (TPSA) is 72.4 Å². The smallest absolute Gasteiger partial charge is 0.420 e. The van der Waals surface area contributed by atoms with Gasteiger partial charge in [0, 0.05) is 0 Å². The van der Waals surface area contributed by atoms with Gasteiger partial charge in [0.05, 0.1) is 17.6 Å². The van der Waals surface area contributed by atoms with Crippen molar-refractivity contribution >= 4 is 17.1 Å². The standard InChI is InChI=1S/C18H17NO4/c1-11(2)13-5-3-12(4-6-13)10-19-15-8-7-14(17(20)21)9-16(15)23-18(19)22/h3-9,11H,10H2,1-2H3,(H,20,21). The van der Waals surface area contributed by atoms with Crippen LogP contribution in [0.3, 0.4) is 0 Å². The third kappa shape index (κ3) is 2.90. The molecule has 3 rings (SSSR count). The van der Waals surface area contributed by atoms with Gasteiger partial charge in [-0.2, -0.15) is 0 Å². The van der Waals surface area contributed by atoms with E-state index in [1.807, 2.05) is 12.1 Å². The van der Waals surface area contributed by atoms with Crippen LogP contribution in [-0.4, -0.2) is 15.6 Å². The van der Waals surface area contributed by atoms with E-state index in [2.05, 4.69) is 26.0 Å². The number of carboxylic acid groups (broad SMARTS) is 1. The van der Waals surface area contributed by atoms with Crippen LogP contribution in [0.25, 0.3) is 11.1 Å². The Morgan fingerprint density at radius 1 is 1.17 bits per heavy atom. The van der Waals surface area contributed by atoms with E-state index in [0.717, 1.165) is 5.56 Å². The first-order valence-electron chi connectivity index (χ1n) is 7.41. The Labute approximate surface area is 132 Å². The number of nitrogens with zero attached hydrogens (tertiary/aromatic N) is 1. The van der Waals surface area contributed by atoms with Crippen LogP contribution in [0, 0.1) is 0 Å². The lowest BCUT2D eigenvalue weighted by atomic mass is 10.0. The van der Waals surface area contributed by atoms with Gasteiger partial charge in [-0.3, -0.25) is 4.57 Å². The SMILES string of the molecule is CC(C)c1ccc(Cn2c(=O)oc3cc(C(=O)O)ccc32)cc1. The van der Waals surface area contributed by atoms with Crippen LogP contribution in [0.5, 0.6) is 0 Å². The van der Waals surface area contributed by atoms with Crippen LogP contribution < -0.4 is 5.76 Å². The Hall–Kier alpha value is -2.82. The lowest BCUT2D eigenvalue weighted by Crippen LogP contribution is -2.14. The minimum atomic E-state index is -1.05. The molecule has 0 bridgehead atoms. The highest BCUT2D eigenvalue weighted by atomic mass is 16.4. The highest BCUT2D eigenvalue weighted by molar-refractivity contribution is 5.91. The maximum Gasteiger partial charge on any atom is 0.420 e. The Kier molecular flexibility index (Phi) is 3.78. The first-order chi connectivity index (χ1) is 11.0. The molecule has 0 radical (unpaired) electrons. The molecule has 0 aliphatic rings. The van der Waals surface area contributed by atoms with Crippen LogP contribution in [0.1, 0.15) is 41.3 Å². The highest BCUT2D eigenvalue weighted by Crippen LogP contribution is 2.18. The van der Waals surface area contributed by atoms with Crippen LogP contribution in [-0.2, 0) is 6.54 Å². The molecular formula is C18H17NO4. The number of aromatic carboxylic acids is 1. The van der Waals surface area contributed by atoms with E-state index in [1.165, 1.54) is 22.3 Å². The van der Waals surface area contributed by atoms with Gasteiger partial charge in [0.25, 0.3) is 0 Å². The summed E-state index contributed by atoms with van der Waals surface area (Å²) in [6, 6.07) is 12.5. The zero-order chi connectivity index (χ0) is 16.6. The molecule has 1 aromatic heterocycles. The van der Waals surface area contributed by atoms with Crippen molar-refractivity contribution in [3.63, 3.8) is 0 Å². The first-order valence-corrected chi connectivity index (χ1v) is 7.41.